The molecule has 0 unspecified atom stereocenters. The molecule has 0 bridgehead atoms. The number of carbonyl (C=O) groups excluding carboxylic acids is 1. The lowest BCUT2D eigenvalue weighted by Gasteiger charge is -2.28. The van der Waals surface area contributed by atoms with E-state index in [0.717, 1.165) is 24.5 Å². The van der Waals surface area contributed by atoms with Crippen molar-refractivity contribution in [3.8, 4) is 11.5 Å². The van der Waals surface area contributed by atoms with Gasteiger partial charge in [0.15, 0.2) is 0 Å². The van der Waals surface area contributed by atoms with Crippen molar-refractivity contribution < 1.29 is 14.3 Å². The summed E-state index contributed by atoms with van der Waals surface area (Å²) in [6, 6.07) is 16.2. The predicted octanol–water partition coefficient (Wildman–Crippen LogP) is 7.48. The minimum atomic E-state index is -0.196. The van der Waals surface area contributed by atoms with Crippen LogP contribution in [-0.2, 0) is 11.2 Å². The molecule has 3 heteroatoms. The van der Waals surface area contributed by atoms with Gasteiger partial charge in [-0.3, -0.25) is 4.79 Å². The summed E-state index contributed by atoms with van der Waals surface area (Å²) in [4.78, 5) is 12.2. The Bertz CT molecular complexity index is 771. The second-order valence-corrected chi connectivity index (χ2v) is 8.90. The molecule has 1 aliphatic carbocycles. The van der Waals surface area contributed by atoms with Crippen molar-refractivity contribution in [3.05, 3.63) is 59.7 Å². The molecule has 0 radical (unpaired) electrons. The Balaban J connectivity index is 1.40. The van der Waals surface area contributed by atoms with Crippen molar-refractivity contribution >= 4 is 5.97 Å². The maximum atomic E-state index is 12.2. The lowest BCUT2D eigenvalue weighted by atomic mass is 9.77. The fourth-order valence-electron chi connectivity index (χ4n) is 4.52. The highest BCUT2D eigenvalue weighted by molar-refractivity contribution is 5.72. The van der Waals surface area contributed by atoms with Gasteiger partial charge in [0.25, 0.3) is 0 Å². The van der Waals surface area contributed by atoms with Gasteiger partial charge in [0.05, 0.1) is 6.61 Å². The molecule has 0 amide bonds. The highest BCUT2D eigenvalue weighted by atomic mass is 16.5. The molecule has 1 aliphatic rings. The van der Waals surface area contributed by atoms with Gasteiger partial charge in [-0.15, -0.1) is 0 Å². The van der Waals surface area contributed by atoms with Crippen molar-refractivity contribution in [1.82, 2.24) is 0 Å². The zero-order valence-corrected chi connectivity index (χ0v) is 19.3. The van der Waals surface area contributed by atoms with Crippen LogP contribution >= 0.6 is 0 Å². The SMILES string of the molecule is CCCCOc1ccc(OC(=O)CCc2ccc(C3CCC(CCC)CC3)cc2)cc1. The number of esters is 1. The Morgan fingerprint density at radius 3 is 2.19 bits per heavy atom. The highest BCUT2D eigenvalue weighted by Crippen LogP contribution is 2.37. The van der Waals surface area contributed by atoms with E-state index in [1.54, 1.807) is 12.1 Å². The number of ether oxygens (including phenoxy) is 2. The Morgan fingerprint density at radius 1 is 0.871 bits per heavy atom. The molecule has 0 heterocycles. The number of rotatable bonds is 11. The fraction of sp³-hybridized carbons (Fsp3) is 0.536. The van der Waals surface area contributed by atoms with Crippen molar-refractivity contribution in [2.45, 2.75) is 84.0 Å². The number of benzene rings is 2. The third-order valence-corrected chi connectivity index (χ3v) is 6.43. The van der Waals surface area contributed by atoms with Gasteiger partial charge >= 0.3 is 5.97 Å². The maximum absolute atomic E-state index is 12.2. The molecule has 1 saturated carbocycles. The fourth-order valence-corrected chi connectivity index (χ4v) is 4.52. The molecular weight excluding hydrogens is 384 g/mol. The monoisotopic (exact) mass is 422 g/mol. The summed E-state index contributed by atoms with van der Waals surface area (Å²) in [5.74, 6) is 2.84. The molecule has 31 heavy (non-hydrogen) atoms. The zero-order chi connectivity index (χ0) is 21.9. The molecule has 0 spiro atoms. The van der Waals surface area contributed by atoms with Crippen molar-refractivity contribution in [2.24, 2.45) is 5.92 Å². The maximum Gasteiger partial charge on any atom is 0.311 e. The van der Waals surface area contributed by atoms with Gasteiger partial charge in [-0.2, -0.15) is 0 Å². The third kappa shape index (κ3) is 7.72. The van der Waals surface area contributed by atoms with Crippen LogP contribution in [0, 0.1) is 5.92 Å². The minimum Gasteiger partial charge on any atom is -0.494 e. The number of hydrogen-bond acceptors (Lipinski definition) is 3. The summed E-state index contributed by atoms with van der Waals surface area (Å²) in [5.41, 5.74) is 2.66. The standard InChI is InChI=1S/C28H38O3/c1-3-5-21-30-26-16-18-27(19-17-26)31-28(29)20-11-23-9-14-25(15-10-23)24-12-7-22(6-4-2)8-13-24/h9-10,14-19,22,24H,3-8,11-13,20-21H2,1-2H3. The van der Waals surface area contributed by atoms with Gasteiger partial charge in [0.2, 0.25) is 0 Å². The van der Waals surface area contributed by atoms with Crippen molar-refractivity contribution in [3.63, 3.8) is 0 Å². The highest BCUT2D eigenvalue weighted by Gasteiger charge is 2.21. The van der Waals surface area contributed by atoms with E-state index in [9.17, 15) is 4.79 Å². The van der Waals surface area contributed by atoms with Gasteiger partial charge in [0, 0.05) is 6.42 Å². The van der Waals surface area contributed by atoms with Crippen molar-refractivity contribution in [2.75, 3.05) is 6.61 Å². The molecule has 3 rings (SSSR count). The Hall–Kier alpha value is -2.29. The zero-order valence-electron chi connectivity index (χ0n) is 19.3. The number of aryl methyl sites for hydroxylation is 1. The normalized spacial score (nSPS) is 18.5. The molecule has 0 N–H and O–H groups in total. The smallest absolute Gasteiger partial charge is 0.311 e. The molecule has 2 aromatic rings. The van der Waals surface area contributed by atoms with Crippen LogP contribution in [0.1, 0.15) is 88.7 Å². The molecule has 1 fully saturated rings. The van der Waals surface area contributed by atoms with Gasteiger partial charge in [-0.05, 0) is 85.8 Å². The van der Waals surface area contributed by atoms with E-state index in [1.807, 2.05) is 12.1 Å². The molecular formula is C28H38O3. The number of hydrogen-bond donors (Lipinski definition) is 0. The molecule has 0 aliphatic heterocycles. The Labute approximate surface area is 188 Å². The summed E-state index contributed by atoms with van der Waals surface area (Å²) in [6.45, 7) is 5.15. The van der Waals surface area contributed by atoms with Crippen LogP contribution in [0.5, 0.6) is 11.5 Å². The first-order chi connectivity index (χ1) is 15.2. The minimum absolute atomic E-state index is 0.196. The summed E-state index contributed by atoms with van der Waals surface area (Å²) < 4.78 is 11.1. The molecule has 168 valence electrons. The van der Waals surface area contributed by atoms with Crippen LogP contribution < -0.4 is 9.47 Å². The molecule has 0 atom stereocenters. The quantitative estimate of drug-likeness (QED) is 0.214. The molecule has 2 aromatic carbocycles. The summed E-state index contributed by atoms with van der Waals surface area (Å²) in [7, 11) is 0. The van der Waals surface area contributed by atoms with E-state index in [4.69, 9.17) is 9.47 Å². The van der Waals surface area contributed by atoms with E-state index in [-0.39, 0.29) is 5.97 Å². The second kappa shape index (κ2) is 12.5. The second-order valence-electron chi connectivity index (χ2n) is 8.90. The first-order valence-electron chi connectivity index (χ1n) is 12.2. The van der Waals surface area contributed by atoms with Gasteiger partial charge < -0.3 is 9.47 Å². The van der Waals surface area contributed by atoms with E-state index >= 15 is 0 Å². The Morgan fingerprint density at radius 2 is 1.55 bits per heavy atom. The van der Waals surface area contributed by atoms with Crippen LogP contribution in [-0.4, -0.2) is 12.6 Å². The lowest BCUT2D eigenvalue weighted by Crippen LogP contribution is -2.13. The Kier molecular flexibility index (Phi) is 9.45. The van der Waals surface area contributed by atoms with Crippen LogP contribution in [0.15, 0.2) is 48.5 Å². The largest absolute Gasteiger partial charge is 0.494 e. The third-order valence-electron chi connectivity index (χ3n) is 6.43. The number of unbranched alkanes of at least 4 members (excludes halogenated alkanes) is 1. The van der Waals surface area contributed by atoms with E-state index in [0.29, 0.717) is 31.1 Å². The van der Waals surface area contributed by atoms with Crippen LogP contribution in [0.4, 0.5) is 0 Å². The molecule has 0 aromatic heterocycles. The lowest BCUT2D eigenvalue weighted by molar-refractivity contribution is -0.134. The molecule has 3 nitrogen and oxygen atoms in total. The van der Waals surface area contributed by atoms with Crippen LogP contribution in [0.25, 0.3) is 0 Å². The summed E-state index contributed by atoms with van der Waals surface area (Å²) in [6.07, 6.45) is 11.3. The first kappa shape index (κ1) is 23.4. The molecule has 0 saturated heterocycles. The van der Waals surface area contributed by atoms with Gasteiger partial charge in [-0.25, -0.2) is 0 Å². The van der Waals surface area contributed by atoms with Gasteiger partial charge in [0.1, 0.15) is 11.5 Å². The van der Waals surface area contributed by atoms with Crippen molar-refractivity contribution in [1.29, 1.82) is 0 Å². The topological polar surface area (TPSA) is 35.5 Å². The predicted molar refractivity (Wildman–Crippen MR) is 127 cm³/mol. The summed E-state index contributed by atoms with van der Waals surface area (Å²) >= 11 is 0. The average molecular weight is 423 g/mol. The van der Waals surface area contributed by atoms with Crippen LogP contribution in [0.3, 0.4) is 0 Å². The van der Waals surface area contributed by atoms with Crippen LogP contribution in [0.2, 0.25) is 0 Å². The van der Waals surface area contributed by atoms with E-state index in [2.05, 4.69) is 38.1 Å². The summed E-state index contributed by atoms with van der Waals surface area (Å²) in [5, 5.41) is 0. The van der Waals surface area contributed by atoms with E-state index < -0.39 is 0 Å². The van der Waals surface area contributed by atoms with Gasteiger partial charge in [-0.1, -0.05) is 57.4 Å². The van der Waals surface area contributed by atoms with E-state index in [1.165, 1.54) is 49.7 Å². The number of carbonyl (C=O) groups is 1. The average Bonchev–Trinajstić information content (AvgIpc) is 2.80. The first-order valence-corrected chi connectivity index (χ1v) is 12.2.